The van der Waals surface area contributed by atoms with E-state index in [4.69, 9.17) is 5.11 Å². The molecule has 16 heavy (non-hydrogen) atoms. The summed E-state index contributed by atoms with van der Waals surface area (Å²) in [6, 6.07) is 0. The first-order chi connectivity index (χ1) is 7.33. The molecule has 1 rings (SSSR count). The summed E-state index contributed by atoms with van der Waals surface area (Å²) in [6.45, 7) is 4.12. The van der Waals surface area contributed by atoms with Crippen LogP contribution in [0.1, 0.15) is 33.1 Å². The number of hydrogen-bond acceptors (Lipinski definition) is 3. The van der Waals surface area contributed by atoms with Gasteiger partial charge in [0, 0.05) is 13.1 Å². The van der Waals surface area contributed by atoms with Crippen molar-refractivity contribution in [3.8, 4) is 0 Å². The molecule has 1 amide bonds. The van der Waals surface area contributed by atoms with Gasteiger partial charge >= 0.3 is 5.97 Å². The van der Waals surface area contributed by atoms with E-state index in [-0.39, 0.29) is 5.91 Å². The molecule has 1 heterocycles. The van der Waals surface area contributed by atoms with Crippen molar-refractivity contribution in [2.45, 2.75) is 38.7 Å². The second kappa shape index (κ2) is 4.82. The van der Waals surface area contributed by atoms with Crippen LogP contribution in [0.5, 0.6) is 0 Å². The van der Waals surface area contributed by atoms with E-state index < -0.39 is 17.5 Å². The summed E-state index contributed by atoms with van der Waals surface area (Å²) in [5.74, 6) is -2.45. The molecule has 0 aromatic heterocycles. The van der Waals surface area contributed by atoms with Crippen LogP contribution in [0.3, 0.4) is 0 Å². The Hall–Kier alpha value is -1.10. The minimum Gasteiger partial charge on any atom is -0.481 e. The van der Waals surface area contributed by atoms with E-state index >= 15 is 0 Å². The number of carboxylic acid groups (broad SMARTS) is 1. The molecule has 5 heteroatoms. The molecule has 2 unspecified atom stereocenters. The van der Waals surface area contributed by atoms with Gasteiger partial charge in [-0.2, -0.15) is 0 Å². The predicted octanol–water partition coefficient (Wildman–Crippen LogP) is 0.471. The SMILES string of the molecule is CC(C(=O)O)C(=O)N1CCCC(C)(O)CC1. The number of carboxylic acids is 1. The molecule has 1 aliphatic heterocycles. The maximum Gasteiger partial charge on any atom is 0.315 e. The molecule has 0 aromatic carbocycles. The van der Waals surface area contributed by atoms with E-state index in [1.165, 1.54) is 6.92 Å². The van der Waals surface area contributed by atoms with Crippen molar-refractivity contribution < 1.29 is 19.8 Å². The molecule has 0 radical (unpaired) electrons. The van der Waals surface area contributed by atoms with Gasteiger partial charge in [-0.3, -0.25) is 9.59 Å². The topological polar surface area (TPSA) is 77.8 Å². The lowest BCUT2D eigenvalue weighted by Gasteiger charge is -2.23. The van der Waals surface area contributed by atoms with Crippen molar-refractivity contribution in [2.24, 2.45) is 5.92 Å². The number of aliphatic carboxylic acids is 1. The van der Waals surface area contributed by atoms with E-state index in [0.29, 0.717) is 32.4 Å². The third-order valence-corrected chi connectivity index (χ3v) is 3.12. The number of rotatable bonds is 2. The number of aliphatic hydroxyl groups is 1. The molecule has 92 valence electrons. The van der Waals surface area contributed by atoms with Gasteiger partial charge < -0.3 is 15.1 Å². The monoisotopic (exact) mass is 229 g/mol. The predicted molar refractivity (Wildman–Crippen MR) is 57.9 cm³/mol. The Morgan fingerprint density at radius 1 is 1.31 bits per heavy atom. The molecule has 2 atom stereocenters. The van der Waals surface area contributed by atoms with Crippen LogP contribution in [0.2, 0.25) is 0 Å². The molecule has 5 nitrogen and oxygen atoms in total. The lowest BCUT2D eigenvalue weighted by atomic mass is 9.98. The fourth-order valence-corrected chi connectivity index (χ4v) is 1.86. The molecule has 1 fully saturated rings. The lowest BCUT2D eigenvalue weighted by Crippen LogP contribution is -2.39. The van der Waals surface area contributed by atoms with E-state index in [2.05, 4.69) is 0 Å². The molecule has 0 aromatic rings. The highest BCUT2D eigenvalue weighted by Crippen LogP contribution is 2.22. The molecule has 0 saturated carbocycles. The minimum atomic E-state index is -1.10. The first-order valence-electron chi connectivity index (χ1n) is 5.57. The second-order valence-corrected chi connectivity index (χ2v) is 4.74. The van der Waals surface area contributed by atoms with Crippen molar-refractivity contribution in [1.82, 2.24) is 4.90 Å². The van der Waals surface area contributed by atoms with E-state index in [1.54, 1.807) is 11.8 Å². The van der Waals surface area contributed by atoms with Crippen molar-refractivity contribution >= 4 is 11.9 Å². The minimum absolute atomic E-state index is 0.356. The Morgan fingerprint density at radius 2 is 1.94 bits per heavy atom. The summed E-state index contributed by atoms with van der Waals surface area (Å²) in [7, 11) is 0. The van der Waals surface area contributed by atoms with Gasteiger partial charge in [0.05, 0.1) is 5.60 Å². The summed E-state index contributed by atoms with van der Waals surface area (Å²) in [5.41, 5.74) is -0.735. The summed E-state index contributed by atoms with van der Waals surface area (Å²) in [6.07, 6.45) is 1.87. The third kappa shape index (κ3) is 3.20. The molecule has 1 saturated heterocycles. The van der Waals surface area contributed by atoms with Crippen molar-refractivity contribution in [1.29, 1.82) is 0 Å². The van der Waals surface area contributed by atoms with E-state index in [9.17, 15) is 14.7 Å². The van der Waals surface area contributed by atoms with Crippen LogP contribution in [0.25, 0.3) is 0 Å². The zero-order chi connectivity index (χ0) is 12.3. The lowest BCUT2D eigenvalue weighted by molar-refractivity contribution is -0.150. The Labute approximate surface area is 95.1 Å². The van der Waals surface area contributed by atoms with Crippen LogP contribution < -0.4 is 0 Å². The summed E-state index contributed by atoms with van der Waals surface area (Å²) < 4.78 is 0. The second-order valence-electron chi connectivity index (χ2n) is 4.74. The molecule has 0 spiro atoms. The Morgan fingerprint density at radius 3 is 2.50 bits per heavy atom. The Bertz CT molecular complexity index is 288. The zero-order valence-corrected chi connectivity index (χ0v) is 9.77. The maximum absolute atomic E-state index is 11.8. The van der Waals surface area contributed by atoms with Gasteiger partial charge in [0.15, 0.2) is 0 Å². The van der Waals surface area contributed by atoms with E-state index in [1.807, 2.05) is 0 Å². The molecule has 2 N–H and O–H groups in total. The number of hydrogen-bond donors (Lipinski definition) is 2. The number of nitrogens with zero attached hydrogens (tertiary/aromatic N) is 1. The smallest absolute Gasteiger partial charge is 0.315 e. The Kier molecular flexibility index (Phi) is 3.91. The fourth-order valence-electron chi connectivity index (χ4n) is 1.86. The molecular weight excluding hydrogens is 210 g/mol. The first-order valence-corrected chi connectivity index (χ1v) is 5.57. The van der Waals surface area contributed by atoms with Crippen molar-refractivity contribution in [3.63, 3.8) is 0 Å². The van der Waals surface area contributed by atoms with Gasteiger partial charge in [-0.15, -0.1) is 0 Å². The number of likely N-dealkylation sites (tertiary alicyclic amines) is 1. The van der Waals surface area contributed by atoms with E-state index in [0.717, 1.165) is 0 Å². The molecule has 0 aliphatic carbocycles. The van der Waals surface area contributed by atoms with Crippen LogP contribution in [0.15, 0.2) is 0 Å². The van der Waals surface area contributed by atoms with Gasteiger partial charge in [-0.05, 0) is 33.1 Å². The highest BCUT2D eigenvalue weighted by Gasteiger charge is 2.31. The van der Waals surface area contributed by atoms with Crippen molar-refractivity contribution in [2.75, 3.05) is 13.1 Å². The number of carbonyl (C=O) groups is 2. The summed E-state index contributed by atoms with van der Waals surface area (Å²) in [5, 5.41) is 18.6. The number of amides is 1. The number of carbonyl (C=O) groups excluding carboxylic acids is 1. The Balaban J connectivity index is 2.61. The maximum atomic E-state index is 11.8. The molecular formula is C11H19NO4. The van der Waals surface area contributed by atoms with Gasteiger partial charge in [0.1, 0.15) is 5.92 Å². The average Bonchev–Trinajstić information content (AvgIpc) is 2.37. The van der Waals surface area contributed by atoms with Crippen LogP contribution in [-0.4, -0.2) is 45.7 Å². The van der Waals surface area contributed by atoms with Gasteiger partial charge in [-0.25, -0.2) is 0 Å². The van der Waals surface area contributed by atoms with Crippen LogP contribution in [0, 0.1) is 5.92 Å². The normalized spacial score (nSPS) is 28.3. The zero-order valence-electron chi connectivity index (χ0n) is 9.77. The highest BCUT2D eigenvalue weighted by molar-refractivity contribution is 5.96. The highest BCUT2D eigenvalue weighted by atomic mass is 16.4. The first kappa shape index (κ1) is 13.0. The van der Waals surface area contributed by atoms with Crippen LogP contribution in [-0.2, 0) is 9.59 Å². The quantitative estimate of drug-likeness (QED) is 0.675. The average molecular weight is 229 g/mol. The summed E-state index contributed by atoms with van der Waals surface area (Å²) in [4.78, 5) is 24.0. The standard InChI is InChI=1S/C11H19NO4/c1-8(10(14)15)9(13)12-6-3-4-11(2,16)5-7-12/h8,16H,3-7H2,1-2H3,(H,14,15). The van der Waals surface area contributed by atoms with Crippen molar-refractivity contribution in [3.05, 3.63) is 0 Å². The third-order valence-electron chi connectivity index (χ3n) is 3.12. The van der Waals surface area contributed by atoms with Crippen LogP contribution in [0.4, 0.5) is 0 Å². The summed E-state index contributed by atoms with van der Waals surface area (Å²) >= 11 is 0. The fraction of sp³-hybridized carbons (Fsp3) is 0.818. The van der Waals surface area contributed by atoms with Gasteiger partial charge in [-0.1, -0.05) is 0 Å². The van der Waals surface area contributed by atoms with Gasteiger partial charge in [0.25, 0.3) is 0 Å². The molecule has 0 bridgehead atoms. The van der Waals surface area contributed by atoms with Crippen LogP contribution >= 0.6 is 0 Å². The largest absolute Gasteiger partial charge is 0.481 e. The molecule has 1 aliphatic rings. The van der Waals surface area contributed by atoms with Gasteiger partial charge in [0.2, 0.25) is 5.91 Å².